The van der Waals surface area contributed by atoms with E-state index in [9.17, 15) is 4.79 Å². The second-order valence-corrected chi connectivity index (χ2v) is 5.56. The molecule has 126 valence electrons. The fourth-order valence-electron chi connectivity index (χ4n) is 2.23. The molecule has 1 fully saturated rings. The summed E-state index contributed by atoms with van der Waals surface area (Å²) in [5.74, 6) is 1.53. The number of benzene rings is 1. The van der Waals surface area contributed by atoms with Gasteiger partial charge in [0.1, 0.15) is 5.69 Å². The average molecular weight is 328 g/mol. The molecule has 1 heterocycles. The van der Waals surface area contributed by atoms with Crippen molar-refractivity contribution < 1.29 is 14.3 Å². The zero-order chi connectivity index (χ0) is 16.9. The van der Waals surface area contributed by atoms with Crippen molar-refractivity contribution in [1.29, 1.82) is 0 Å². The molecule has 2 N–H and O–H groups in total. The van der Waals surface area contributed by atoms with Gasteiger partial charge < -0.3 is 20.1 Å². The van der Waals surface area contributed by atoms with Gasteiger partial charge in [-0.05, 0) is 36.6 Å². The molecule has 1 saturated carbocycles. The number of rotatable bonds is 7. The summed E-state index contributed by atoms with van der Waals surface area (Å²) >= 11 is 0. The van der Waals surface area contributed by atoms with Crippen molar-refractivity contribution in [3.8, 4) is 11.5 Å². The van der Waals surface area contributed by atoms with Crippen LogP contribution in [0.5, 0.6) is 11.5 Å². The normalized spacial score (nSPS) is 13.2. The van der Waals surface area contributed by atoms with Crippen LogP contribution in [-0.4, -0.2) is 36.1 Å². The van der Waals surface area contributed by atoms with Crippen molar-refractivity contribution in [2.24, 2.45) is 0 Å². The Morgan fingerprint density at radius 2 is 2.00 bits per heavy atom. The minimum absolute atomic E-state index is 0.244. The third-order valence-electron chi connectivity index (χ3n) is 3.70. The van der Waals surface area contributed by atoms with E-state index in [-0.39, 0.29) is 5.91 Å². The number of carbonyl (C=O) groups excluding carboxylic acids is 1. The summed E-state index contributed by atoms with van der Waals surface area (Å²) in [5, 5.41) is 6.03. The molecule has 0 spiro atoms. The van der Waals surface area contributed by atoms with Gasteiger partial charge in [0, 0.05) is 18.8 Å². The van der Waals surface area contributed by atoms with Crippen molar-refractivity contribution in [2.75, 3.05) is 19.5 Å². The first kappa shape index (κ1) is 16.0. The average Bonchev–Trinajstić information content (AvgIpc) is 3.43. The second kappa shape index (κ2) is 7.16. The lowest BCUT2D eigenvalue weighted by molar-refractivity contribution is 0.0946. The van der Waals surface area contributed by atoms with Crippen molar-refractivity contribution in [3.63, 3.8) is 0 Å². The number of anilines is 1. The van der Waals surface area contributed by atoms with Crippen LogP contribution in [0.25, 0.3) is 0 Å². The summed E-state index contributed by atoms with van der Waals surface area (Å²) in [6.07, 6.45) is 3.83. The number of amides is 1. The molecule has 7 heteroatoms. The predicted octanol–water partition coefficient (Wildman–Crippen LogP) is 2.00. The molecule has 0 saturated heterocycles. The highest BCUT2D eigenvalue weighted by Gasteiger charge is 2.22. The zero-order valence-electron chi connectivity index (χ0n) is 13.7. The van der Waals surface area contributed by atoms with E-state index >= 15 is 0 Å². The highest BCUT2D eigenvalue weighted by atomic mass is 16.5. The summed E-state index contributed by atoms with van der Waals surface area (Å²) in [4.78, 5) is 20.6. The van der Waals surface area contributed by atoms with E-state index in [4.69, 9.17) is 9.47 Å². The number of ether oxygens (including phenoxy) is 2. The highest BCUT2D eigenvalue weighted by molar-refractivity contribution is 5.92. The van der Waals surface area contributed by atoms with Crippen LogP contribution >= 0.6 is 0 Å². The highest BCUT2D eigenvalue weighted by Crippen LogP contribution is 2.27. The van der Waals surface area contributed by atoms with E-state index in [0.29, 0.717) is 35.7 Å². The molecule has 2 aromatic rings. The molecule has 24 heavy (non-hydrogen) atoms. The smallest absolute Gasteiger partial charge is 0.270 e. The van der Waals surface area contributed by atoms with Gasteiger partial charge in [0.05, 0.1) is 14.2 Å². The van der Waals surface area contributed by atoms with Gasteiger partial charge in [0.15, 0.2) is 11.5 Å². The molecule has 0 atom stereocenters. The van der Waals surface area contributed by atoms with Gasteiger partial charge in [-0.3, -0.25) is 4.79 Å². The number of nitrogens with zero attached hydrogens (tertiary/aromatic N) is 2. The van der Waals surface area contributed by atoms with Crippen LogP contribution in [0.4, 0.5) is 5.95 Å². The molecule has 1 aliphatic rings. The van der Waals surface area contributed by atoms with Gasteiger partial charge >= 0.3 is 0 Å². The first-order valence-corrected chi connectivity index (χ1v) is 7.78. The van der Waals surface area contributed by atoms with Crippen LogP contribution < -0.4 is 20.1 Å². The quantitative estimate of drug-likeness (QED) is 0.808. The fraction of sp³-hybridized carbons (Fsp3) is 0.353. The summed E-state index contributed by atoms with van der Waals surface area (Å²) in [5.41, 5.74) is 1.25. The molecule has 0 aliphatic heterocycles. The topological polar surface area (TPSA) is 85.4 Å². The molecule has 1 amide bonds. The zero-order valence-corrected chi connectivity index (χ0v) is 13.7. The van der Waals surface area contributed by atoms with Gasteiger partial charge in [0.2, 0.25) is 5.95 Å². The number of methoxy groups -OCH3 is 2. The largest absolute Gasteiger partial charge is 0.493 e. The second-order valence-electron chi connectivity index (χ2n) is 5.56. The maximum Gasteiger partial charge on any atom is 0.270 e. The Morgan fingerprint density at radius 1 is 1.21 bits per heavy atom. The maximum absolute atomic E-state index is 12.3. The monoisotopic (exact) mass is 328 g/mol. The Labute approximate surface area is 140 Å². The Balaban J connectivity index is 1.62. The Hall–Kier alpha value is -2.83. The number of hydrogen-bond acceptors (Lipinski definition) is 6. The molecular formula is C17H20N4O3. The third-order valence-corrected chi connectivity index (χ3v) is 3.70. The molecule has 3 rings (SSSR count). The first-order valence-electron chi connectivity index (χ1n) is 7.78. The van der Waals surface area contributed by atoms with Crippen LogP contribution in [0.2, 0.25) is 0 Å². The molecule has 7 nitrogen and oxygen atoms in total. The van der Waals surface area contributed by atoms with Crippen LogP contribution in [0.3, 0.4) is 0 Å². The Kier molecular flexibility index (Phi) is 4.79. The Bertz CT molecular complexity index is 732. The molecule has 1 aromatic heterocycles. The van der Waals surface area contributed by atoms with E-state index in [1.165, 1.54) is 0 Å². The van der Waals surface area contributed by atoms with E-state index in [1.54, 1.807) is 26.5 Å². The van der Waals surface area contributed by atoms with Crippen LogP contribution in [0.1, 0.15) is 28.9 Å². The van der Waals surface area contributed by atoms with E-state index in [1.807, 2.05) is 18.2 Å². The number of aromatic nitrogens is 2. The SMILES string of the molecule is COc1ccc(CNC(=O)c2ccnc(NC3CC3)n2)cc1OC. The van der Waals surface area contributed by atoms with Gasteiger partial charge in [-0.25, -0.2) is 9.97 Å². The minimum atomic E-state index is -0.244. The van der Waals surface area contributed by atoms with E-state index in [0.717, 1.165) is 18.4 Å². The molecule has 1 aromatic carbocycles. The lowest BCUT2D eigenvalue weighted by Gasteiger charge is -2.10. The van der Waals surface area contributed by atoms with Crippen molar-refractivity contribution in [2.45, 2.75) is 25.4 Å². The van der Waals surface area contributed by atoms with E-state index < -0.39 is 0 Å². The van der Waals surface area contributed by atoms with Gasteiger partial charge in [-0.2, -0.15) is 0 Å². The minimum Gasteiger partial charge on any atom is -0.493 e. The molecule has 0 unspecified atom stereocenters. The fourth-order valence-corrected chi connectivity index (χ4v) is 2.23. The third kappa shape index (κ3) is 3.92. The summed E-state index contributed by atoms with van der Waals surface area (Å²) in [7, 11) is 3.16. The lowest BCUT2D eigenvalue weighted by Crippen LogP contribution is -2.24. The van der Waals surface area contributed by atoms with Crippen molar-refractivity contribution in [3.05, 3.63) is 41.7 Å². The number of carbonyl (C=O) groups is 1. The van der Waals surface area contributed by atoms with Gasteiger partial charge in [-0.1, -0.05) is 6.07 Å². The summed E-state index contributed by atoms with van der Waals surface area (Å²) in [6.45, 7) is 0.370. The van der Waals surface area contributed by atoms with Crippen molar-refractivity contribution >= 4 is 11.9 Å². The summed E-state index contributed by atoms with van der Waals surface area (Å²) < 4.78 is 10.5. The van der Waals surface area contributed by atoms with E-state index in [2.05, 4.69) is 20.6 Å². The van der Waals surface area contributed by atoms with Crippen LogP contribution in [0, 0.1) is 0 Å². The molecule has 0 radical (unpaired) electrons. The number of hydrogen-bond donors (Lipinski definition) is 2. The molecule has 0 bridgehead atoms. The summed E-state index contributed by atoms with van der Waals surface area (Å²) in [6, 6.07) is 7.56. The number of nitrogens with one attached hydrogen (secondary N) is 2. The molecule has 1 aliphatic carbocycles. The first-order chi connectivity index (χ1) is 11.7. The van der Waals surface area contributed by atoms with Crippen LogP contribution in [-0.2, 0) is 6.54 Å². The van der Waals surface area contributed by atoms with Gasteiger partial charge in [0.25, 0.3) is 5.91 Å². The standard InChI is InChI=1S/C17H20N4O3/c1-23-14-6-3-11(9-15(14)24-2)10-19-16(22)13-7-8-18-17(21-13)20-12-4-5-12/h3,6-9,12H,4-5,10H2,1-2H3,(H,19,22)(H,18,20,21). The Morgan fingerprint density at radius 3 is 2.71 bits per heavy atom. The molecular weight excluding hydrogens is 308 g/mol. The van der Waals surface area contributed by atoms with Gasteiger partial charge in [-0.15, -0.1) is 0 Å². The maximum atomic E-state index is 12.3. The van der Waals surface area contributed by atoms with Crippen LogP contribution in [0.15, 0.2) is 30.5 Å². The van der Waals surface area contributed by atoms with Crippen molar-refractivity contribution in [1.82, 2.24) is 15.3 Å². The predicted molar refractivity (Wildman–Crippen MR) is 89.4 cm³/mol. The lowest BCUT2D eigenvalue weighted by atomic mass is 10.2.